The summed E-state index contributed by atoms with van der Waals surface area (Å²) < 4.78 is 17.4. The second-order valence-electron chi connectivity index (χ2n) is 19.2. The number of esters is 2. The topological polar surface area (TPSA) is 61.8 Å². The Morgan fingerprint density at radius 1 is 0.333 bits per heavy atom. The number of hydrogen-bond acceptors (Lipinski definition) is 5. The van der Waals surface area contributed by atoms with Crippen LogP contribution in [-0.2, 0) is 23.8 Å². The van der Waals surface area contributed by atoms with E-state index < -0.39 is 6.10 Å². The zero-order valence-electron chi connectivity index (χ0n) is 44.2. The molecule has 0 heterocycles. The van der Waals surface area contributed by atoms with Crippen molar-refractivity contribution >= 4 is 11.9 Å². The van der Waals surface area contributed by atoms with Crippen molar-refractivity contribution in [3.05, 3.63) is 60.8 Å². The average molecular weight is 924 g/mol. The maximum absolute atomic E-state index is 12.8. The molecule has 384 valence electrons. The summed E-state index contributed by atoms with van der Waals surface area (Å²) >= 11 is 0. The summed E-state index contributed by atoms with van der Waals surface area (Å²) in [6, 6.07) is 0. The van der Waals surface area contributed by atoms with E-state index in [0.717, 1.165) is 77.0 Å². The van der Waals surface area contributed by atoms with Gasteiger partial charge in [-0.15, -0.1) is 0 Å². The first-order valence-corrected chi connectivity index (χ1v) is 28.8. The zero-order chi connectivity index (χ0) is 47.7. The molecule has 0 saturated heterocycles. The average Bonchev–Trinajstić information content (AvgIpc) is 3.32. The lowest BCUT2D eigenvalue weighted by Crippen LogP contribution is -2.30. The first-order chi connectivity index (χ1) is 32.6. The van der Waals surface area contributed by atoms with Gasteiger partial charge in [-0.1, -0.05) is 236 Å². The molecule has 0 aromatic rings. The van der Waals surface area contributed by atoms with E-state index in [1.807, 2.05) is 0 Å². The molecule has 0 aromatic carbocycles. The summed E-state index contributed by atoms with van der Waals surface area (Å²) in [5.41, 5.74) is 0. The van der Waals surface area contributed by atoms with Crippen LogP contribution in [0.5, 0.6) is 0 Å². The van der Waals surface area contributed by atoms with Gasteiger partial charge in [0.15, 0.2) is 6.10 Å². The number of ether oxygens (including phenoxy) is 3. The summed E-state index contributed by atoms with van der Waals surface area (Å²) in [7, 11) is 0. The molecule has 0 bridgehead atoms. The third-order valence-electron chi connectivity index (χ3n) is 12.5. The van der Waals surface area contributed by atoms with Gasteiger partial charge in [0.2, 0.25) is 0 Å². The smallest absolute Gasteiger partial charge is 0.306 e. The van der Waals surface area contributed by atoms with Crippen molar-refractivity contribution in [1.82, 2.24) is 0 Å². The van der Waals surface area contributed by atoms with Crippen LogP contribution in [0.15, 0.2) is 60.8 Å². The SMILES string of the molecule is CCCC/C=C\CCCCCCCC(=O)OC(COCCCCCCCCCCCC/C=C\CCCCCCCC)COC(=O)CCCCCCCC/C=C\C/C=C\C/C=C\CCCCC. The van der Waals surface area contributed by atoms with Crippen LogP contribution in [-0.4, -0.2) is 37.9 Å². The molecule has 0 aromatic heterocycles. The largest absolute Gasteiger partial charge is 0.462 e. The van der Waals surface area contributed by atoms with Crippen LogP contribution in [0.1, 0.15) is 290 Å². The van der Waals surface area contributed by atoms with Crippen LogP contribution in [0.2, 0.25) is 0 Å². The molecule has 0 spiro atoms. The van der Waals surface area contributed by atoms with Gasteiger partial charge in [-0.05, 0) is 103 Å². The number of carbonyl (C=O) groups excluding carboxylic acids is 2. The molecule has 0 aliphatic carbocycles. The molecule has 0 N–H and O–H groups in total. The number of hydrogen-bond donors (Lipinski definition) is 0. The molecule has 1 atom stereocenters. The van der Waals surface area contributed by atoms with Crippen LogP contribution in [0.25, 0.3) is 0 Å². The van der Waals surface area contributed by atoms with Crippen LogP contribution in [0, 0.1) is 0 Å². The summed E-state index contributed by atoms with van der Waals surface area (Å²) in [6.07, 6.45) is 72.4. The first kappa shape index (κ1) is 63.6. The second-order valence-corrected chi connectivity index (χ2v) is 19.2. The lowest BCUT2D eigenvalue weighted by Gasteiger charge is -2.18. The van der Waals surface area contributed by atoms with E-state index in [4.69, 9.17) is 14.2 Å². The molecule has 5 nitrogen and oxygen atoms in total. The second kappa shape index (κ2) is 56.9. The normalized spacial score (nSPS) is 12.6. The van der Waals surface area contributed by atoms with Crippen LogP contribution in [0.4, 0.5) is 0 Å². The van der Waals surface area contributed by atoms with Crippen molar-refractivity contribution in [3.8, 4) is 0 Å². The standard InChI is InChI=1S/C61H110O5/c1-4-7-10-13-16-19-22-24-26-28-30-32-34-36-38-41-44-47-50-53-56-64-57-59(66-61(63)55-52-49-46-43-39-21-18-15-12-9-6-3)58-65-60(62)54-51-48-45-42-40-37-35-33-31-29-27-25-23-20-17-14-11-8-5-2/h15,17-18,20,24-27,31,33,59H,4-14,16,19,21-23,28-30,32,34-58H2,1-3H3/b18-15-,20-17-,26-24-,27-25-,33-31-. The Bertz CT molecular complexity index is 1130. The van der Waals surface area contributed by atoms with E-state index in [0.29, 0.717) is 19.4 Å². The molecule has 0 fully saturated rings. The Morgan fingerprint density at radius 2 is 0.652 bits per heavy atom. The molecule has 66 heavy (non-hydrogen) atoms. The van der Waals surface area contributed by atoms with E-state index in [-0.39, 0.29) is 25.2 Å². The molecule has 0 saturated carbocycles. The number of carbonyl (C=O) groups is 2. The van der Waals surface area contributed by atoms with Crippen molar-refractivity contribution in [2.24, 2.45) is 0 Å². The molecule has 0 rings (SSSR count). The maximum Gasteiger partial charge on any atom is 0.306 e. The van der Waals surface area contributed by atoms with Gasteiger partial charge in [-0.3, -0.25) is 9.59 Å². The van der Waals surface area contributed by atoms with Gasteiger partial charge in [-0.2, -0.15) is 0 Å². The highest BCUT2D eigenvalue weighted by Gasteiger charge is 2.17. The molecular formula is C61H110O5. The minimum atomic E-state index is -0.547. The minimum absolute atomic E-state index is 0.0752. The summed E-state index contributed by atoms with van der Waals surface area (Å²) in [4.78, 5) is 25.5. The highest BCUT2D eigenvalue weighted by Crippen LogP contribution is 2.15. The van der Waals surface area contributed by atoms with Gasteiger partial charge in [0.1, 0.15) is 6.61 Å². The summed E-state index contributed by atoms with van der Waals surface area (Å²) in [5, 5.41) is 0. The number of allylic oxidation sites excluding steroid dienone is 10. The van der Waals surface area contributed by atoms with E-state index >= 15 is 0 Å². The fourth-order valence-corrected chi connectivity index (χ4v) is 8.14. The Morgan fingerprint density at radius 3 is 1.11 bits per heavy atom. The van der Waals surface area contributed by atoms with Crippen molar-refractivity contribution < 1.29 is 23.8 Å². The van der Waals surface area contributed by atoms with Crippen molar-refractivity contribution in [1.29, 1.82) is 0 Å². The Labute approximate surface area is 411 Å². The molecule has 0 aliphatic rings. The van der Waals surface area contributed by atoms with E-state index in [9.17, 15) is 9.59 Å². The minimum Gasteiger partial charge on any atom is -0.462 e. The highest BCUT2D eigenvalue weighted by molar-refractivity contribution is 5.70. The highest BCUT2D eigenvalue weighted by atomic mass is 16.6. The Hall–Kier alpha value is -2.40. The maximum atomic E-state index is 12.8. The van der Waals surface area contributed by atoms with Crippen molar-refractivity contribution in [2.45, 2.75) is 297 Å². The predicted molar refractivity (Wildman–Crippen MR) is 288 cm³/mol. The third-order valence-corrected chi connectivity index (χ3v) is 12.5. The molecule has 0 radical (unpaired) electrons. The summed E-state index contributed by atoms with van der Waals surface area (Å²) in [6.45, 7) is 7.77. The number of rotatable bonds is 53. The van der Waals surface area contributed by atoms with Crippen LogP contribution in [0.3, 0.4) is 0 Å². The van der Waals surface area contributed by atoms with E-state index in [1.165, 1.54) is 180 Å². The van der Waals surface area contributed by atoms with Gasteiger partial charge in [0, 0.05) is 19.4 Å². The molecular weight excluding hydrogens is 813 g/mol. The van der Waals surface area contributed by atoms with E-state index in [1.54, 1.807) is 0 Å². The lowest BCUT2D eigenvalue weighted by molar-refractivity contribution is -0.163. The van der Waals surface area contributed by atoms with Crippen molar-refractivity contribution in [2.75, 3.05) is 19.8 Å². The number of unbranched alkanes of at least 4 members (excludes halogenated alkanes) is 32. The lowest BCUT2D eigenvalue weighted by atomic mass is 10.1. The molecule has 5 heteroatoms. The first-order valence-electron chi connectivity index (χ1n) is 28.8. The Balaban J connectivity index is 4.21. The fraction of sp³-hybridized carbons (Fsp3) is 0.803. The van der Waals surface area contributed by atoms with E-state index in [2.05, 4.69) is 81.5 Å². The zero-order valence-corrected chi connectivity index (χ0v) is 44.2. The van der Waals surface area contributed by atoms with Crippen LogP contribution >= 0.6 is 0 Å². The third kappa shape index (κ3) is 54.2. The van der Waals surface area contributed by atoms with Crippen molar-refractivity contribution in [3.63, 3.8) is 0 Å². The van der Waals surface area contributed by atoms with Gasteiger partial charge < -0.3 is 14.2 Å². The van der Waals surface area contributed by atoms with Crippen LogP contribution < -0.4 is 0 Å². The molecule has 0 aliphatic heterocycles. The summed E-state index contributed by atoms with van der Waals surface area (Å²) in [5.74, 6) is -0.414. The molecule has 1 unspecified atom stereocenters. The fourth-order valence-electron chi connectivity index (χ4n) is 8.14. The molecule has 0 amide bonds. The van der Waals surface area contributed by atoms with Gasteiger partial charge in [0.25, 0.3) is 0 Å². The monoisotopic (exact) mass is 923 g/mol. The van der Waals surface area contributed by atoms with Gasteiger partial charge >= 0.3 is 11.9 Å². The predicted octanol–water partition coefficient (Wildman–Crippen LogP) is 19.7. The van der Waals surface area contributed by atoms with Gasteiger partial charge in [0.05, 0.1) is 6.61 Å². The quantitative estimate of drug-likeness (QED) is 0.0346. The van der Waals surface area contributed by atoms with Gasteiger partial charge in [-0.25, -0.2) is 0 Å². The Kier molecular flexibility index (Phi) is 54.9.